The standard InChI is InChI=1S/C17H35NO/c1-14(2)13-19-12-6-11-18-17-8-5-7-16(9-10-17)15(3)4/h14-18H,5-13H2,1-4H3. The molecule has 0 aromatic carbocycles. The van der Waals surface area contributed by atoms with Crippen LogP contribution < -0.4 is 5.32 Å². The van der Waals surface area contributed by atoms with E-state index in [-0.39, 0.29) is 0 Å². The highest BCUT2D eigenvalue weighted by molar-refractivity contribution is 4.76. The highest BCUT2D eigenvalue weighted by Gasteiger charge is 2.20. The molecule has 2 atom stereocenters. The van der Waals surface area contributed by atoms with Crippen LogP contribution in [-0.4, -0.2) is 25.8 Å². The summed E-state index contributed by atoms with van der Waals surface area (Å²) in [5.74, 6) is 2.48. The summed E-state index contributed by atoms with van der Waals surface area (Å²) in [7, 11) is 0. The van der Waals surface area contributed by atoms with E-state index in [0.29, 0.717) is 5.92 Å². The second-order valence-electron chi connectivity index (χ2n) is 6.99. The third-order valence-corrected chi connectivity index (χ3v) is 4.31. The maximum absolute atomic E-state index is 5.62. The zero-order valence-corrected chi connectivity index (χ0v) is 13.6. The van der Waals surface area contributed by atoms with Gasteiger partial charge in [0.15, 0.2) is 0 Å². The molecule has 2 unspecified atom stereocenters. The molecule has 1 aliphatic rings. The van der Waals surface area contributed by atoms with E-state index < -0.39 is 0 Å². The van der Waals surface area contributed by atoms with Gasteiger partial charge in [-0.05, 0) is 50.0 Å². The highest BCUT2D eigenvalue weighted by atomic mass is 16.5. The fourth-order valence-electron chi connectivity index (χ4n) is 3.00. The van der Waals surface area contributed by atoms with Crippen molar-refractivity contribution in [1.82, 2.24) is 5.32 Å². The Morgan fingerprint density at radius 3 is 2.53 bits per heavy atom. The lowest BCUT2D eigenvalue weighted by Gasteiger charge is -2.19. The number of hydrogen-bond acceptors (Lipinski definition) is 2. The molecule has 0 spiro atoms. The van der Waals surface area contributed by atoms with Crippen LogP contribution in [0.5, 0.6) is 0 Å². The van der Waals surface area contributed by atoms with Gasteiger partial charge in [0.1, 0.15) is 0 Å². The quantitative estimate of drug-likeness (QED) is 0.525. The second kappa shape index (κ2) is 9.77. The molecule has 0 aromatic rings. The van der Waals surface area contributed by atoms with Crippen LogP contribution in [0.4, 0.5) is 0 Å². The van der Waals surface area contributed by atoms with Crippen molar-refractivity contribution in [3.05, 3.63) is 0 Å². The average Bonchev–Trinajstić information content (AvgIpc) is 2.58. The Kier molecular flexibility index (Phi) is 8.72. The first-order chi connectivity index (χ1) is 9.09. The van der Waals surface area contributed by atoms with Crippen LogP contribution >= 0.6 is 0 Å². The lowest BCUT2D eigenvalue weighted by atomic mass is 9.89. The van der Waals surface area contributed by atoms with Gasteiger partial charge in [0, 0.05) is 19.3 Å². The minimum atomic E-state index is 0.655. The van der Waals surface area contributed by atoms with Gasteiger partial charge in [0.25, 0.3) is 0 Å². The van der Waals surface area contributed by atoms with Crippen molar-refractivity contribution in [2.45, 2.75) is 72.3 Å². The molecule has 2 heteroatoms. The van der Waals surface area contributed by atoms with Crippen LogP contribution in [0, 0.1) is 17.8 Å². The van der Waals surface area contributed by atoms with Gasteiger partial charge in [0.2, 0.25) is 0 Å². The Morgan fingerprint density at radius 2 is 1.84 bits per heavy atom. The summed E-state index contributed by atoms with van der Waals surface area (Å²) in [4.78, 5) is 0. The molecule has 114 valence electrons. The molecule has 0 aliphatic heterocycles. The van der Waals surface area contributed by atoms with Crippen molar-refractivity contribution in [2.75, 3.05) is 19.8 Å². The summed E-state index contributed by atoms with van der Waals surface area (Å²) in [5.41, 5.74) is 0. The molecule has 1 N–H and O–H groups in total. The number of rotatable bonds is 8. The predicted octanol–water partition coefficient (Wildman–Crippen LogP) is 4.24. The van der Waals surface area contributed by atoms with Gasteiger partial charge in [-0.25, -0.2) is 0 Å². The Labute approximate surface area is 120 Å². The third kappa shape index (κ3) is 7.94. The monoisotopic (exact) mass is 269 g/mol. The number of ether oxygens (including phenoxy) is 1. The second-order valence-corrected chi connectivity index (χ2v) is 6.99. The number of hydrogen-bond donors (Lipinski definition) is 1. The molecule has 0 aromatic heterocycles. The van der Waals surface area contributed by atoms with Crippen LogP contribution in [0.2, 0.25) is 0 Å². The van der Waals surface area contributed by atoms with Gasteiger partial charge in [-0.15, -0.1) is 0 Å². The maximum Gasteiger partial charge on any atom is 0.0489 e. The third-order valence-electron chi connectivity index (χ3n) is 4.31. The van der Waals surface area contributed by atoms with Gasteiger partial charge >= 0.3 is 0 Å². The normalized spacial score (nSPS) is 24.9. The van der Waals surface area contributed by atoms with Crippen LogP contribution in [-0.2, 0) is 4.74 Å². The van der Waals surface area contributed by atoms with Crippen molar-refractivity contribution in [3.63, 3.8) is 0 Å². The Balaban J connectivity index is 2.03. The molecular weight excluding hydrogens is 234 g/mol. The van der Waals surface area contributed by atoms with E-state index in [4.69, 9.17) is 4.74 Å². The predicted molar refractivity (Wildman–Crippen MR) is 83.5 cm³/mol. The van der Waals surface area contributed by atoms with Crippen LogP contribution in [0.1, 0.15) is 66.2 Å². The average molecular weight is 269 g/mol. The molecule has 0 bridgehead atoms. The molecule has 1 rings (SSSR count). The summed E-state index contributed by atoms with van der Waals surface area (Å²) in [6.07, 6.45) is 8.15. The molecule has 1 fully saturated rings. The van der Waals surface area contributed by atoms with E-state index in [0.717, 1.165) is 44.1 Å². The number of nitrogens with one attached hydrogen (secondary N) is 1. The molecule has 0 radical (unpaired) electrons. The first kappa shape index (κ1) is 17.0. The summed E-state index contributed by atoms with van der Waals surface area (Å²) >= 11 is 0. The van der Waals surface area contributed by atoms with Crippen molar-refractivity contribution in [2.24, 2.45) is 17.8 Å². The molecule has 0 amide bonds. The summed E-state index contributed by atoms with van der Waals surface area (Å²) in [6.45, 7) is 12.1. The molecular formula is C17H35NO. The van der Waals surface area contributed by atoms with E-state index in [2.05, 4.69) is 33.0 Å². The van der Waals surface area contributed by atoms with Crippen molar-refractivity contribution in [3.8, 4) is 0 Å². The lowest BCUT2D eigenvalue weighted by molar-refractivity contribution is 0.107. The fraction of sp³-hybridized carbons (Fsp3) is 1.00. The van der Waals surface area contributed by atoms with E-state index >= 15 is 0 Å². The summed E-state index contributed by atoms with van der Waals surface area (Å²) < 4.78 is 5.62. The van der Waals surface area contributed by atoms with Gasteiger partial charge in [-0.3, -0.25) is 0 Å². The van der Waals surface area contributed by atoms with E-state index in [1.165, 1.54) is 32.1 Å². The SMILES string of the molecule is CC(C)COCCCNC1CCCC(C(C)C)CC1. The zero-order chi connectivity index (χ0) is 14.1. The van der Waals surface area contributed by atoms with Crippen molar-refractivity contribution < 1.29 is 4.74 Å². The first-order valence-corrected chi connectivity index (χ1v) is 8.40. The molecule has 19 heavy (non-hydrogen) atoms. The van der Waals surface area contributed by atoms with Gasteiger partial charge in [-0.2, -0.15) is 0 Å². The van der Waals surface area contributed by atoms with Gasteiger partial charge in [-0.1, -0.05) is 40.5 Å². The lowest BCUT2D eigenvalue weighted by Crippen LogP contribution is -2.30. The Bertz CT molecular complexity index is 215. The molecule has 1 saturated carbocycles. The largest absolute Gasteiger partial charge is 0.381 e. The minimum absolute atomic E-state index is 0.655. The summed E-state index contributed by atoms with van der Waals surface area (Å²) in [5, 5.41) is 3.73. The maximum atomic E-state index is 5.62. The zero-order valence-electron chi connectivity index (χ0n) is 13.6. The fourth-order valence-corrected chi connectivity index (χ4v) is 3.00. The van der Waals surface area contributed by atoms with Gasteiger partial charge in [0.05, 0.1) is 0 Å². The Morgan fingerprint density at radius 1 is 1.05 bits per heavy atom. The molecule has 2 nitrogen and oxygen atoms in total. The molecule has 0 heterocycles. The molecule has 1 aliphatic carbocycles. The van der Waals surface area contributed by atoms with E-state index in [9.17, 15) is 0 Å². The minimum Gasteiger partial charge on any atom is -0.381 e. The summed E-state index contributed by atoms with van der Waals surface area (Å²) in [6, 6.07) is 0.758. The topological polar surface area (TPSA) is 21.3 Å². The van der Waals surface area contributed by atoms with Crippen molar-refractivity contribution in [1.29, 1.82) is 0 Å². The Hall–Kier alpha value is -0.0800. The van der Waals surface area contributed by atoms with Gasteiger partial charge < -0.3 is 10.1 Å². The smallest absolute Gasteiger partial charge is 0.0489 e. The van der Waals surface area contributed by atoms with Crippen LogP contribution in [0.15, 0.2) is 0 Å². The van der Waals surface area contributed by atoms with Crippen LogP contribution in [0.25, 0.3) is 0 Å². The highest BCUT2D eigenvalue weighted by Crippen LogP contribution is 2.28. The first-order valence-electron chi connectivity index (χ1n) is 8.40. The van der Waals surface area contributed by atoms with Crippen molar-refractivity contribution >= 4 is 0 Å². The van der Waals surface area contributed by atoms with E-state index in [1.54, 1.807) is 0 Å². The van der Waals surface area contributed by atoms with E-state index in [1.807, 2.05) is 0 Å². The molecule has 0 saturated heterocycles. The van der Waals surface area contributed by atoms with Crippen LogP contribution in [0.3, 0.4) is 0 Å².